The van der Waals surface area contributed by atoms with Gasteiger partial charge in [0.15, 0.2) is 5.65 Å². The average molecular weight is 545 g/mol. The first kappa shape index (κ1) is 27.9. The summed E-state index contributed by atoms with van der Waals surface area (Å²) in [6.45, 7) is 8.54. The summed E-state index contributed by atoms with van der Waals surface area (Å²) < 4.78 is 52.6. The van der Waals surface area contributed by atoms with Gasteiger partial charge in [-0.25, -0.2) is 19.2 Å². The van der Waals surface area contributed by atoms with Gasteiger partial charge in [0, 0.05) is 30.5 Å². The minimum atomic E-state index is -4.66. The van der Waals surface area contributed by atoms with Crippen molar-refractivity contribution < 1.29 is 22.4 Å². The fourth-order valence-electron chi connectivity index (χ4n) is 3.92. The van der Waals surface area contributed by atoms with Gasteiger partial charge in [-0.05, 0) is 43.4 Å². The molecule has 0 fully saturated rings. The van der Waals surface area contributed by atoms with E-state index in [9.17, 15) is 22.4 Å². The lowest BCUT2D eigenvalue weighted by molar-refractivity contribution is -0.137. The summed E-state index contributed by atoms with van der Waals surface area (Å²) in [4.78, 5) is 23.5. The van der Waals surface area contributed by atoms with Gasteiger partial charge in [0.2, 0.25) is 0 Å². The van der Waals surface area contributed by atoms with Crippen molar-refractivity contribution in [2.75, 3.05) is 36.8 Å². The number of carbonyl (C=O) groups is 1. The molecule has 2 heterocycles. The first-order valence-electron chi connectivity index (χ1n) is 12.4. The van der Waals surface area contributed by atoms with Gasteiger partial charge in [-0.3, -0.25) is 5.10 Å². The van der Waals surface area contributed by atoms with Crippen LogP contribution in [0.25, 0.3) is 22.3 Å². The Kier molecular flexibility index (Phi) is 8.72. The number of benzene rings is 2. The molecule has 4 rings (SSSR count). The average Bonchev–Trinajstić information content (AvgIpc) is 3.33. The third-order valence-corrected chi connectivity index (χ3v) is 6.12. The monoisotopic (exact) mass is 544 g/mol. The SMILES string of the molecule is CCN(CC)CCNCc1ncc2c(-c3ccc(NC(=O)Nc4cc(C(F)(F)F)ccc4F)cc3)[nH]nc2n1. The number of aromatic amines is 1. The number of urea groups is 1. The number of H-pyrrole nitrogens is 1. The Hall–Kier alpha value is -4.10. The molecule has 0 spiro atoms. The van der Waals surface area contributed by atoms with Crippen LogP contribution in [0.2, 0.25) is 0 Å². The molecule has 0 radical (unpaired) electrons. The van der Waals surface area contributed by atoms with Gasteiger partial charge in [-0.2, -0.15) is 18.3 Å². The van der Waals surface area contributed by atoms with Gasteiger partial charge >= 0.3 is 12.2 Å². The number of rotatable bonds is 10. The molecule has 0 saturated heterocycles. The van der Waals surface area contributed by atoms with Crippen LogP contribution < -0.4 is 16.0 Å². The molecule has 4 N–H and O–H groups in total. The second-order valence-electron chi connectivity index (χ2n) is 8.67. The summed E-state index contributed by atoms with van der Waals surface area (Å²) in [6, 6.07) is 7.54. The molecule has 0 atom stereocenters. The van der Waals surface area contributed by atoms with Crippen molar-refractivity contribution in [2.24, 2.45) is 0 Å². The molecule has 0 bridgehead atoms. The number of nitrogens with zero attached hydrogens (tertiary/aromatic N) is 4. The molecule has 0 aliphatic carbocycles. The molecule has 206 valence electrons. The highest BCUT2D eigenvalue weighted by Crippen LogP contribution is 2.32. The van der Waals surface area contributed by atoms with E-state index in [1.807, 2.05) is 0 Å². The van der Waals surface area contributed by atoms with Crippen LogP contribution in [0, 0.1) is 5.82 Å². The maximum Gasteiger partial charge on any atom is 0.416 e. The van der Waals surface area contributed by atoms with Gasteiger partial charge in [-0.1, -0.05) is 26.0 Å². The number of halogens is 4. The summed E-state index contributed by atoms with van der Waals surface area (Å²) in [5.41, 5.74) is 0.653. The van der Waals surface area contributed by atoms with E-state index in [0.717, 1.165) is 37.1 Å². The lowest BCUT2D eigenvalue weighted by Crippen LogP contribution is -2.31. The topological polar surface area (TPSA) is 111 Å². The minimum absolute atomic E-state index is 0.349. The van der Waals surface area contributed by atoms with Gasteiger partial charge in [-0.15, -0.1) is 0 Å². The zero-order valence-corrected chi connectivity index (χ0v) is 21.4. The van der Waals surface area contributed by atoms with Crippen LogP contribution in [0.1, 0.15) is 25.2 Å². The number of carbonyl (C=O) groups excluding carboxylic acids is 1. The first-order chi connectivity index (χ1) is 18.7. The van der Waals surface area contributed by atoms with Crippen LogP contribution in [0.5, 0.6) is 0 Å². The largest absolute Gasteiger partial charge is 0.416 e. The number of amides is 2. The summed E-state index contributed by atoms with van der Waals surface area (Å²) in [5.74, 6) is -0.358. The Morgan fingerprint density at radius 3 is 2.49 bits per heavy atom. The molecule has 13 heteroatoms. The van der Waals surface area contributed by atoms with Gasteiger partial charge < -0.3 is 20.9 Å². The van der Waals surface area contributed by atoms with Crippen LogP contribution in [0.3, 0.4) is 0 Å². The number of fused-ring (bicyclic) bond motifs is 1. The maximum absolute atomic E-state index is 13.9. The molecule has 9 nitrogen and oxygen atoms in total. The Balaban J connectivity index is 1.37. The second kappa shape index (κ2) is 12.2. The number of nitrogens with one attached hydrogen (secondary N) is 4. The molecular formula is C26H28F4N8O. The van der Waals surface area contributed by atoms with Gasteiger partial charge in [0.1, 0.15) is 11.6 Å². The Morgan fingerprint density at radius 1 is 1.05 bits per heavy atom. The van der Waals surface area contributed by atoms with Crippen molar-refractivity contribution >= 4 is 28.4 Å². The zero-order valence-electron chi connectivity index (χ0n) is 21.4. The molecule has 0 unspecified atom stereocenters. The van der Waals surface area contributed by atoms with Crippen LogP contribution in [-0.4, -0.2) is 57.3 Å². The Morgan fingerprint density at radius 2 is 1.79 bits per heavy atom. The normalized spacial score (nSPS) is 11.8. The summed E-state index contributed by atoms with van der Waals surface area (Å²) in [5, 5.41) is 15.9. The molecule has 2 aromatic heterocycles. The van der Waals surface area contributed by atoms with Crippen LogP contribution in [0.4, 0.5) is 33.7 Å². The zero-order chi connectivity index (χ0) is 28.0. The molecule has 2 amide bonds. The van der Waals surface area contributed by atoms with Crippen molar-refractivity contribution in [3.63, 3.8) is 0 Å². The lowest BCUT2D eigenvalue weighted by atomic mass is 10.1. The first-order valence-corrected chi connectivity index (χ1v) is 12.4. The van der Waals surface area contributed by atoms with E-state index in [2.05, 4.69) is 54.9 Å². The van der Waals surface area contributed by atoms with E-state index < -0.39 is 29.3 Å². The predicted octanol–water partition coefficient (Wildman–Crippen LogP) is 5.25. The third-order valence-electron chi connectivity index (χ3n) is 6.12. The van der Waals surface area contributed by atoms with Gasteiger partial charge in [0.25, 0.3) is 0 Å². The Bertz CT molecular complexity index is 1420. The fourth-order valence-corrected chi connectivity index (χ4v) is 3.92. The Labute approximate surface area is 222 Å². The predicted molar refractivity (Wildman–Crippen MR) is 141 cm³/mol. The highest BCUT2D eigenvalue weighted by atomic mass is 19.4. The minimum Gasteiger partial charge on any atom is -0.309 e. The van der Waals surface area contributed by atoms with Gasteiger partial charge in [0.05, 0.1) is 28.9 Å². The second-order valence-corrected chi connectivity index (χ2v) is 8.67. The molecule has 39 heavy (non-hydrogen) atoms. The number of likely N-dealkylation sites (N-methyl/N-ethyl adjacent to an activating group) is 1. The van der Waals surface area contributed by atoms with Crippen LogP contribution >= 0.6 is 0 Å². The standard InChI is InChI=1S/C26H28F4N8O/c1-3-38(4-2)12-11-31-15-22-32-14-19-23(36-37-24(19)35-22)16-5-8-18(9-6-16)33-25(39)34-21-13-17(26(28,29)30)7-10-20(21)27/h5-10,13-14,31H,3-4,11-12,15H2,1-2H3,(H2,33,34,39)(H,32,35,36,37). The number of hydrogen-bond acceptors (Lipinski definition) is 6. The highest BCUT2D eigenvalue weighted by Gasteiger charge is 2.31. The number of alkyl halides is 3. The van der Waals surface area contributed by atoms with Crippen molar-refractivity contribution in [1.82, 2.24) is 30.4 Å². The maximum atomic E-state index is 13.9. The van der Waals surface area contributed by atoms with E-state index in [1.54, 1.807) is 30.5 Å². The number of anilines is 2. The number of aromatic nitrogens is 4. The van der Waals surface area contributed by atoms with E-state index in [1.165, 1.54) is 0 Å². The van der Waals surface area contributed by atoms with Crippen molar-refractivity contribution in [2.45, 2.75) is 26.6 Å². The van der Waals surface area contributed by atoms with E-state index in [4.69, 9.17) is 0 Å². The lowest BCUT2D eigenvalue weighted by Gasteiger charge is -2.17. The summed E-state index contributed by atoms with van der Waals surface area (Å²) in [6.07, 6.45) is -2.96. The molecule has 0 saturated carbocycles. The van der Waals surface area contributed by atoms with Crippen LogP contribution in [-0.2, 0) is 12.7 Å². The molecule has 0 aliphatic heterocycles. The van der Waals surface area contributed by atoms with E-state index in [0.29, 0.717) is 47.6 Å². The van der Waals surface area contributed by atoms with Crippen molar-refractivity contribution in [3.8, 4) is 11.3 Å². The molecular weight excluding hydrogens is 516 g/mol. The van der Waals surface area contributed by atoms with Crippen LogP contribution in [0.15, 0.2) is 48.7 Å². The smallest absolute Gasteiger partial charge is 0.309 e. The highest BCUT2D eigenvalue weighted by molar-refractivity contribution is 6.00. The van der Waals surface area contributed by atoms with E-state index >= 15 is 0 Å². The molecule has 4 aromatic rings. The molecule has 2 aromatic carbocycles. The number of hydrogen-bond donors (Lipinski definition) is 4. The fraction of sp³-hybridized carbons (Fsp3) is 0.308. The van der Waals surface area contributed by atoms with Crippen molar-refractivity contribution in [3.05, 3.63) is 65.9 Å². The van der Waals surface area contributed by atoms with E-state index in [-0.39, 0.29) is 0 Å². The molecule has 0 aliphatic rings. The van der Waals surface area contributed by atoms with Crippen molar-refractivity contribution in [1.29, 1.82) is 0 Å². The summed E-state index contributed by atoms with van der Waals surface area (Å²) >= 11 is 0. The third kappa shape index (κ3) is 7.06. The summed E-state index contributed by atoms with van der Waals surface area (Å²) in [7, 11) is 0. The quantitative estimate of drug-likeness (QED) is 0.160.